The van der Waals surface area contributed by atoms with Gasteiger partial charge in [0.25, 0.3) is 0 Å². The number of hydrogen-bond donors (Lipinski definition) is 2. The molecule has 1 aromatic carbocycles. The third-order valence-corrected chi connectivity index (χ3v) is 3.00. The van der Waals surface area contributed by atoms with Gasteiger partial charge in [-0.3, -0.25) is 10.2 Å². The molecule has 0 atom stereocenters. The van der Waals surface area contributed by atoms with Crippen molar-refractivity contribution in [2.24, 2.45) is 0 Å². The molecule has 0 spiro atoms. The maximum atomic E-state index is 12.0. The van der Waals surface area contributed by atoms with Crippen LogP contribution in [0.3, 0.4) is 0 Å². The second-order valence-electron chi connectivity index (χ2n) is 6.13. The summed E-state index contributed by atoms with van der Waals surface area (Å²) in [7, 11) is 0. The fourth-order valence-corrected chi connectivity index (χ4v) is 1.98. The highest BCUT2D eigenvalue weighted by atomic mass is 16.6. The van der Waals surface area contributed by atoms with E-state index in [0.29, 0.717) is 5.58 Å². The first-order valence-electron chi connectivity index (χ1n) is 6.96. The van der Waals surface area contributed by atoms with E-state index in [2.05, 4.69) is 10.9 Å². The molecule has 2 rings (SSSR count). The van der Waals surface area contributed by atoms with Gasteiger partial charge in [0.1, 0.15) is 11.2 Å². The van der Waals surface area contributed by atoms with Crippen LogP contribution in [-0.4, -0.2) is 17.6 Å². The molecule has 0 aliphatic heterocycles. The lowest BCUT2D eigenvalue weighted by Gasteiger charge is -2.19. The van der Waals surface area contributed by atoms with Gasteiger partial charge in [0.05, 0.1) is 0 Å². The molecule has 2 N–H and O–H groups in total. The van der Waals surface area contributed by atoms with E-state index in [1.165, 1.54) is 0 Å². The van der Waals surface area contributed by atoms with E-state index in [4.69, 9.17) is 9.15 Å². The number of carbonyl (C=O) groups excluding carboxylic acids is 2. The molecule has 0 saturated heterocycles. The summed E-state index contributed by atoms with van der Waals surface area (Å²) in [6.45, 7) is 9.06. The summed E-state index contributed by atoms with van der Waals surface area (Å²) in [6, 6.07) is 5.55. The summed E-state index contributed by atoms with van der Waals surface area (Å²) in [4.78, 5) is 23.5. The Kier molecular flexibility index (Phi) is 4.12. The van der Waals surface area contributed by atoms with Gasteiger partial charge in [-0.05, 0) is 51.8 Å². The highest BCUT2D eigenvalue weighted by molar-refractivity contribution is 5.97. The zero-order valence-corrected chi connectivity index (χ0v) is 13.4. The van der Waals surface area contributed by atoms with Crippen molar-refractivity contribution in [3.63, 3.8) is 0 Å². The molecule has 22 heavy (non-hydrogen) atoms. The standard InChI is InChI=1S/C16H20N2O4/c1-9-6-7-10(2)13-11(9)8-12(21-13)14(19)17-18-15(20)22-16(3,4)5/h6-8H,1-5H3,(H,17,19)(H,18,20). The molecule has 1 heterocycles. The van der Waals surface area contributed by atoms with Gasteiger partial charge < -0.3 is 9.15 Å². The Morgan fingerprint density at radius 1 is 1.09 bits per heavy atom. The molecule has 0 aliphatic carbocycles. The monoisotopic (exact) mass is 304 g/mol. The van der Waals surface area contributed by atoms with E-state index in [1.54, 1.807) is 26.8 Å². The van der Waals surface area contributed by atoms with Crippen LogP contribution in [0.5, 0.6) is 0 Å². The SMILES string of the molecule is Cc1ccc(C)c2oc(C(=O)NNC(=O)OC(C)(C)C)cc12. The van der Waals surface area contributed by atoms with Crippen molar-refractivity contribution >= 4 is 23.0 Å². The van der Waals surface area contributed by atoms with Crippen LogP contribution in [-0.2, 0) is 4.74 Å². The molecule has 6 heteroatoms. The Balaban J connectivity index is 2.09. The number of amides is 2. The van der Waals surface area contributed by atoms with Gasteiger partial charge in [-0.25, -0.2) is 10.2 Å². The minimum Gasteiger partial charge on any atom is -0.451 e. The Morgan fingerprint density at radius 2 is 1.73 bits per heavy atom. The smallest absolute Gasteiger partial charge is 0.426 e. The van der Waals surface area contributed by atoms with E-state index < -0.39 is 17.6 Å². The van der Waals surface area contributed by atoms with Crippen LogP contribution in [0.25, 0.3) is 11.0 Å². The molecule has 118 valence electrons. The minimum absolute atomic E-state index is 0.128. The zero-order chi connectivity index (χ0) is 16.5. The van der Waals surface area contributed by atoms with Gasteiger partial charge in [0.15, 0.2) is 5.76 Å². The largest absolute Gasteiger partial charge is 0.451 e. The van der Waals surface area contributed by atoms with Crippen molar-refractivity contribution < 1.29 is 18.7 Å². The van der Waals surface area contributed by atoms with E-state index in [0.717, 1.165) is 16.5 Å². The number of furan rings is 1. The molecule has 6 nitrogen and oxygen atoms in total. The predicted molar refractivity (Wildman–Crippen MR) is 82.5 cm³/mol. The number of hydrazine groups is 1. The molecule has 0 saturated carbocycles. The molecule has 1 aromatic heterocycles. The molecule has 0 unspecified atom stereocenters. The van der Waals surface area contributed by atoms with Crippen molar-refractivity contribution in [3.8, 4) is 0 Å². The van der Waals surface area contributed by atoms with E-state index in [1.807, 2.05) is 26.0 Å². The van der Waals surface area contributed by atoms with Crippen LogP contribution in [0.4, 0.5) is 4.79 Å². The number of nitrogens with one attached hydrogen (secondary N) is 2. The fourth-order valence-electron chi connectivity index (χ4n) is 1.98. The number of rotatable bonds is 1. The molecule has 0 radical (unpaired) electrons. The molecule has 0 aliphatic rings. The van der Waals surface area contributed by atoms with Crippen LogP contribution >= 0.6 is 0 Å². The Bertz CT molecular complexity index is 687. The van der Waals surface area contributed by atoms with Gasteiger partial charge in [-0.2, -0.15) is 0 Å². The number of aryl methyl sites for hydroxylation is 2. The number of ether oxygens (including phenoxy) is 1. The summed E-state index contributed by atoms with van der Waals surface area (Å²) in [6.07, 6.45) is -0.732. The van der Waals surface area contributed by atoms with Gasteiger partial charge in [-0.1, -0.05) is 12.1 Å². The average Bonchev–Trinajstić information content (AvgIpc) is 2.85. The summed E-state index contributed by atoms with van der Waals surface area (Å²) in [5.74, 6) is -0.413. The second-order valence-corrected chi connectivity index (χ2v) is 6.13. The van der Waals surface area contributed by atoms with E-state index >= 15 is 0 Å². The maximum absolute atomic E-state index is 12.0. The second kappa shape index (κ2) is 5.71. The molecular formula is C16H20N2O4. The van der Waals surface area contributed by atoms with E-state index in [-0.39, 0.29) is 5.76 Å². The minimum atomic E-state index is -0.732. The number of fused-ring (bicyclic) bond motifs is 1. The van der Waals surface area contributed by atoms with E-state index in [9.17, 15) is 9.59 Å². The summed E-state index contributed by atoms with van der Waals surface area (Å²) >= 11 is 0. The molecule has 2 amide bonds. The molecular weight excluding hydrogens is 284 g/mol. The normalized spacial score (nSPS) is 11.3. The maximum Gasteiger partial charge on any atom is 0.426 e. The number of carbonyl (C=O) groups is 2. The first kappa shape index (κ1) is 15.9. The van der Waals surface area contributed by atoms with Gasteiger partial charge in [-0.15, -0.1) is 0 Å². The summed E-state index contributed by atoms with van der Waals surface area (Å²) in [5.41, 5.74) is 6.45. The number of hydrogen-bond acceptors (Lipinski definition) is 4. The summed E-state index contributed by atoms with van der Waals surface area (Å²) in [5, 5.41) is 0.877. The van der Waals surface area contributed by atoms with Crippen molar-refractivity contribution in [1.82, 2.24) is 10.9 Å². The van der Waals surface area contributed by atoms with Crippen molar-refractivity contribution in [2.45, 2.75) is 40.2 Å². The quantitative estimate of drug-likeness (QED) is 0.793. The zero-order valence-electron chi connectivity index (χ0n) is 13.4. The first-order chi connectivity index (χ1) is 10.2. The first-order valence-corrected chi connectivity index (χ1v) is 6.96. The van der Waals surface area contributed by atoms with Crippen LogP contribution in [0.2, 0.25) is 0 Å². The van der Waals surface area contributed by atoms with Crippen LogP contribution in [0.15, 0.2) is 22.6 Å². The molecule has 2 aromatic rings. The van der Waals surface area contributed by atoms with Gasteiger partial charge in [0.2, 0.25) is 0 Å². The van der Waals surface area contributed by atoms with Crippen molar-refractivity contribution in [1.29, 1.82) is 0 Å². The van der Waals surface area contributed by atoms with Crippen LogP contribution < -0.4 is 10.9 Å². The lowest BCUT2D eigenvalue weighted by atomic mass is 10.1. The fraction of sp³-hybridized carbons (Fsp3) is 0.375. The topological polar surface area (TPSA) is 80.6 Å². The van der Waals surface area contributed by atoms with Crippen molar-refractivity contribution in [2.75, 3.05) is 0 Å². The number of benzene rings is 1. The lowest BCUT2D eigenvalue weighted by molar-refractivity contribution is 0.0481. The Morgan fingerprint density at radius 3 is 2.32 bits per heavy atom. The van der Waals surface area contributed by atoms with Gasteiger partial charge >= 0.3 is 12.0 Å². The predicted octanol–water partition coefficient (Wildman–Crippen LogP) is 3.22. The Labute approximate surface area is 128 Å². The van der Waals surface area contributed by atoms with Gasteiger partial charge in [0, 0.05) is 5.39 Å². The average molecular weight is 304 g/mol. The molecule has 0 fully saturated rings. The highest BCUT2D eigenvalue weighted by Crippen LogP contribution is 2.25. The van der Waals surface area contributed by atoms with Crippen LogP contribution in [0.1, 0.15) is 42.5 Å². The highest BCUT2D eigenvalue weighted by Gasteiger charge is 2.18. The third-order valence-electron chi connectivity index (χ3n) is 3.00. The lowest BCUT2D eigenvalue weighted by Crippen LogP contribution is -2.44. The third kappa shape index (κ3) is 3.58. The Hall–Kier alpha value is -2.50. The van der Waals surface area contributed by atoms with Crippen LogP contribution in [0, 0.1) is 13.8 Å². The van der Waals surface area contributed by atoms with Crippen molar-refractivity contribution in [3.05, 3.63) is 35.1 Å². The summed E-state index contributed by atoms with van der Waals surface area (Å²) < 4.78 is 10.6. The molecule has 0 bridgehead atoms.